The predicted octanol–water partition coefficient (Wildman–Crippen LogP) is 2.99. The summed E-state index contributed by atoms with van der Waals surface area (Å²) in [4.78, 5) is 4.67. The Morgan fingerprint density at radius 1 is 1.38 bits per heavy atom. The number of rotatable bonds is 1. The van der Waals surface area contributed by atoms with Crippen LogP contribution in [0.15, 0.2) is 29.0 Å². The largest absolute Gasteiger partial charge is 0.381 e. The van der Waals surface area contributed by atoms with Crippen LogP contribution < -0.4 is 0 Å². The van der Waals surface area contributed by atoms with Gasteiger partial charge in [0.25, 0.3) is 0 Å². The summed E-state index contributed by atoms with van der Waals surface area (Å²) in [6, 6.07) is 4.07. The van der Waals surface area contributed by atoms with Gasteiger partial charge in [0, 0.05) is 36.0 Å². The lowest BCUT2D eigenvalue weighted by atomic mass is 9.97. The summed E-state index contributed by atoms with van der Waals surface area (Å²) < 4.78 is 8.52. The molecule has 0 spiro atoms. The highest BCUT2D eigenvalue weighted by Gasteiger charge is 2.18. The van der Waals surface area contributed by atoms with Gasteiger partial charge in [0.1, 0.15) is 5.65 Å². The van der Waals surface area contributed by atoms with Gasteiger partial charge in [0.05, 0.1) is 5.69 Å². The van der Waals surface area contributed by atoms with E-state index in [0.717, 1.165) is 36.2 Å². The molecular formula is C12H13BrN2O. The third kappa shape index (κ3) is 1.87. The fourth-order valence-electron chi connectivity index (χ4n) is 2.17. The van der Waals surface area contributed by atoms with E-state index in [1.165, 1.54) is 5.69 Å². The van der Waals surface area contributed by atoms with Crippen molar-refractivity contribution in [3.63, 3.8) is 0 Å². The van der Waals surface area contributed by atoms with Crippen molar-refractivity contribution in [3.05, 3.63) is 34.7 Å². The SMILES string of the molecule is Brc1ccn2cc(C3CCOCC3)nc2c1. The summed E-state index contributed by atoms with van der Waals surface area (Å²) in [7, 11) is 0. The second kappa shape index (κ2) is 4.18. The molecule has 84 valence electrons. The van der Waals surface area contributed by atoms with Crippen LogP contribution in [0, 0.1) is 0 Å². The second-order valence-electron chi connectivity index (χ2n) is 4.16. The Morgan fingerprint density at radius 3 is 3.00 bits per heavy atom. The number of hydrogen-bond acceptors (Lipinski definition) is 2. The van der Waals surface area contributed by atoms with Crippen molar-refractivity contribution in [2.24, 2.45) is 0 Å². The Morgan fingerprint density at radius 2 is 2.19 bits per heavy atom. The van der Waals surface area contributed by atoms with Crippen molar-refractivity contribution >= 4 is 21.6 Å². The fourth-order valence-corrected chi connectivity index (χ4v) is 2.49. The zero-order valence-corrected chi connectivity index (χ0v) is 10.5. The van der Waals surface area contributed by atoms with Crippen LogP contribution in [0.4, 0.5) is 0 Å². The molecule has 0 bridgehead atoms. The number of fused-ring (bicyclic) bond motifs is 1. The topological polar surface area (TPSA) is 26.5 Å². The standard InChI is InChI=1S/C12H13BrN2O/c13-10-1-4-15-8-11(14-12(15)7-10)9-2-5-16-6-3-9/h1,4,7-9H,2-3,5-6H2. The van der Waals surface area contributed by atoms with Gasteiger partial charge in [-0.05, 0) is 25.0 Å². The number of pyridine rings is 1. The van der Waals surface area contributed by atoms with E-state index >= 15 is 0 Å². The monoisotopic (exact) mass is 280 g/mol. The first-order chi connectivity index (χ1) is 7.83. The Bertz CT molecular complexity index is 503. The molecule has 0 N–H and O–H groups in total. The van der Waals surface area contributed by atoms with Gasteiger partial charge < -0.3 is 9.14 Å². The molecule has 16 heavy (non-hydrogen) atoms. The van der Waals surface area contributed by atoms with Gasteiger partial charge in [0.15, 0.2) is 0 Å². The van der Waals surface area contributed by atoms with Crippen LogP contribution in [0.1, 0.15) is 24.5 Å². The van der Waals surface area contributed by atoms with Crippen molar-refractivity contribution in [2.45, 2.75) is 18.8 Å². The van der Waals surface area contributed by atoms with Gasteiger partial charge in [-0.25, -0.2) is 4.98 Å². The minimum absolute atomic E-state index is 0.562. The lowest BCUT2D eigenvalue weighted by Gasteiger charge is -2.19. The molecule has 1 saturated heterocycles. The number of imidazole rings is 1. The average molecular weight is 281 g/mol. The molecule has 1 fully saturated rings. The smallest absolute Gasteiger partial charge is 0.138 e. The van der Waals surface area contributed by atoms with Gasteiger partial charge in [-0.1, -0.05) is 15.9 Å². The summed E-state index contributed by atoms with van der Waals surface area (Å²) in [6.07, 6.45) is 6.35. The second-order valence-corrected chi connectivity index (χ2v) is 5.08. The molecule has 3 rings (SSSR count). The van der Waals surface area contributed by atoms with Gasteiger partial charge in [0.2, 0.25) is 0 Å². The highest BCUT2D eigenvalue weighted by molar-refractivity contribution is 9.10. The maximum atomic E-state index is 5.37. The molecule has 0 amide bonds. The van der Waals surface area contributed by atoms with Crippen molar-refractivity contribution in [2.75, 3.05) is 13.2 Å². The molecular weight excluding hydrogens is 268 g/mol. The summed E-state index contributed by atoms with van der Waals surface area (Å²) >= 11 is 3.46. The Labute approximate surface area is 103 Å². The number of aromatic nitrogens is 2. The normalized spacial score (nSPS) is 18.1. The lowest BCUT2D eigenvalue weighted by molar-refractivity contribution is 0.0846. The summed E-state index contributed by atoms with van der Waals surface area (Å²) in [6.45, 7) is 1.73. The fraction of sp³-hybridized carbons (Fsp3) is 0.417. The highest BCUT2D eigenvalue weighted by atomic mass is 79.9. The minimum Gasteiger partial charge on any atom is -0.381 e. The molecule has 0 unspecified atom stereocenters. The minimum atomic E-state index is 0.562. The Balaban J connectivity index is 1.97. The average Bonchev–Trinajstić information content (AvgIpc) is 2.73. The van der Waals surface area contributed by atoms with Crippen molar-refractivity contribution in [1.82, 2.24) is 9.38 Å². The molecule has 1 aliphatic heterocycles. The Hall–Kier alpha value is -0.870. The molecule has 2 aromatic rings. The molecule has 4 heteroatoms. The van der Waals surface area contributed by atoms with E-state index in [4.69, 9.17) is 4.74 Å². The Kier molecular flexibility index (Phi) is 2.69. The first-order valence-corrected chi connectivity index (χ1v) is 6.34. The summed E-state index contributed by atoms with van der Waals surface area (Å²) in [5, 5.41) is 0. The number of hydrogen-bond donors (Lipinski definition) is 0. The van der Waals surface area contributed by atoms with Gasteiger partial charge in [-0.3, -0.25) is 0 Å². The quantitative estimate of drug-likeness (QED) is 0.803. The van der Waals surface area contributed by atoms with E-state index in [2.05, 4.69) is 31.5 Å². The first kappa shape index (κ1) is 10.3. The van der Waals surface area contributed by atoms with Crippen molar-refractivity contribution < 1.29 is 4.74 Å². The van der Waals surface area contributed by atoms with Crippen molar-refractivity contribution in [3.8, 4) is 0 Å². The molecule has 0 aromatic carbocycles. The van der Waals surface area contributed by atoms with Crippen LogP contribution in [0.3, 0.4) is 0 Å². The lowest BCUT2D eigenvalue weighted by Crippen LogP contribution is -2.14. The van der Waals surface area contributed by atoms with E-state index in [1.807, 2.05) is 18.3 Å². The third-order valence-electron chi connectivity index (χ3n) is 3.08. The first-order valence-electron chi connectivity index (χ1n) is 5.55. The molecule has 0 aliphatic carbocycles. The molecule has 1 aliphatic rings. The zero-order valence-electron chi connectivity index (χ0n) is 8.90. The highest BCUT2D eigenvalue weighted by Crippen LogP contribution is 2.26. The molecule has 0 atom stereocenters. The van der Waals surface area contributed by atoms with E-state index in [0.29, 0.717) is 5.92 Å². The third-order valence-corrected chi connectivity index (χ3v) is 3.57. The van der Waals surface area contributed by atoms with Crippen LogP contribution in [-0.4, -0.2) is 22.6 Å². The molecule has 3 nitrogen and oxygen atoms in total. The van der Waals surface area contributed by atoms with E-state index in [9.17, 15) is 0 Å². The predicted molar refractivity (Wildman–Crippen MR) is 65.7 cm³/mol. The van der Waals surface area contributed by atoms with Crippen LogP contribution in [0.2, 0.25) is 0 Å². The number of nitrogens with zero attached hydrogens (tertiary/aromatic N) is 2. The van der Waals surface area contributed by atoms with E-state index in [1.54, 1.807) is 0 Å². The van der Waals surface area contributed by atoms with Crippen LogP contribution in [0.5, 0.6) is 0 Å². The van der Waals surface area contributed by atoms with Gasteiger partial charge >= 0.3 is 0 Å². The van der Waals surface area contributed by atoms with E-state index < -0.39 is 0 Å². The molecule has 0 radical (unpaired) electrons. The summed E-state index contributed by atoms with van der Waals surface area (Å²) in [5.41, 5.74) is 2.21. The number of ether oxygens (including phenoxy) is 1. The molecule has 3 heterocycles. The van der Waals surface area contributed by atoms with Gasteiger partial charge in [-0.15, -0.1) is 0 Å². The molecule has 0 saturated carbocycles. The summed E-state index contributed by atoms with van der Waals surface area (Å²) in [5.74, 6) is 0.562. The maximum absolute atomic E-state index is 5.37. The van der Waals surface area contributed by atoms with Crippen LogP contribution in [0.25, 0.3) is 5.65 Å². The van der Waals surface area contributed by atoms with Crippen LogP contribution in [-0.2, 0) is 4.74 Å². The zero-order chi connectivity index (χ0) is 11.0. The van der Waals surface area contributed by atoms with Gasteiger partial charge in [-0.2, -0.15) is 0 Å². The maximum Gasteiger partial charge on any atom is 0.138 e. The van der Waals surface area contributed by atoms with Crippen molar-refractivity contribution in [1.29, 1.82) is 0 Å². The molecule has 2 aromatic heterocycles. The van der Waals surface area contributed by atoms with Crippen LogP contribution >= 0.6 is 15.9 Å². The van der Waals surface area contributed by atoms with E-state index in [-0.39, 0.29) is 0 Å². The number of halogens is 1.